The second kappa shape index (κ2) is 8.14. The van der Waals surface area contributed by atoms with Crippen LogP contribution in [0.3, 0.4) is 0 Å². The van der Waals surface area contributed by atoms with Crippen LogP contribution in [-0.2, 0) is 9.84 Å². The third-order valence-corrected chi connectivity index (χ3v) is 6.09. The highest BCUT2D eigenvalue weighted by atomic mass is 32.2. The number of ether oxygens (including phenoxy) is 1. The molecule has 27 heavy (non-hydrogen) atoms. The molecule has 0 spiro atoms. The minimum absolute atomic E-state index is 0.0935. The Bertz CT molecular complexity index is 1010. The topological polar surface area (TPSA) is 74.1 Å². The van der Waals surface area contributed by atoms with E-state index in [0.717, 1.165) is 22.6 Å². The zero-order valence-electron chi connectivity index (χ0n) is 15.4. The maximum atomic E-state index is 11.4. The van der Waals surface area contributed by atoms with E-state index >= 15 is 0 Å². The SMILES string of the molecule is COc1ccc(-c2nnc(SCCS(C)(=O)=O)n2-c2ccc(C)cc2)cc1. The summed E-state index contributed by atoms with van der Waals surface area (Å²) >= 11 is 1.38. The largest absolute Gasteiger partial charge is 0.497 e. The Morgan fingerprint density at radius 1 is 1.04 bits per heavy atom. The number of aromatic nitrogens is 3. The van der Waals surface area contributed by atoms with Gasteiger partial charge in [-0.3, -0.25) is 4.57 Å². The second-order valence-electron chi connectivity index (χ2n) is 6.18. The molecular weight excluding hydrogens is 382 g/mol. The van der Waals surface area contributed by atoms with Crippen molar-refractivity contribution >= 4 is 21.6 Å². The van der Waals surface area contributed by atoms with Gasteiger partial charge in [0.15, 0.2) is 11.0 Å². The summed E-state index contributed by atoms with van der Waals surface area (Å²) in [6.45, 7) is 2.03. The summed E-state index contributed by atoms with van der Waals surface area (Å²) in [5.41, 5.74) is 2.99. The van der Waals surface area contributed by atoms with Gasteiger partial charge in [-0.1, -0.05) is 29.5 Å². The molecule has 3 rings (SSSR count). The van der Waals surface area contributed by atoms with E-state index in [0.29, 0.717) is 16.7 Å². The summed E-state index contributed by atoms with van der Waals surface area (Å²) in [7, 11) is -1.40. The molecule has 0 unspecified atom stereocenters. The Morgan fingerprint density at radius 3 is 2.30 bits per heavy atom. The average molecular weight is 404 g/mol. The van der Waals surface area contributed by atoms with Crippen molar-refractivity contribution < 1.29 is 13.2 Å². The Balaban J connectivity index is 2.00. The van der Waals surface area contributed by atoms with E-state index in [1.54, 1.807) is 7.11 Å². The van der Waals surface area contributed by atoms with E-state index in [9.17, 15) is 8.42 Å². The fourth-order valence-corrected chi connectivity index (χ4v) is 4.65. The van der Waals surface area contributed by atoms with Crippen LogP contribution in [0.4, 0.5) is 0 Å². The van der Waals surface area contributed by atoms with Gasteiger partial charge in [0.2, 0.25) is 0 Å². The smallest absolute Gasteiger partial charge is 0.196 e. The first-order valence-electron chi connectivity index (χ1n) is 8.35. The second-order valence-corrected chi connectivity index (χ2v) is 9.51. The number of benzene rings is 2. The van der Waals surface area contributed by atoms with Gasteiger partial charge in [-0.2, -0.15) is 0 Å². The molecular formula is C19H21N3O3S2. The molecule has 0 aliphatic carbocycles. The summed E-state index contributed by atoms with van der Waals surface area (Å²) < 4.78 is 30.0. The van der Waals surface area contributed by atoms with Gasteiger partial charge in [-0.05, 0) is 43.3 Å². The molecule has 0 amide bonds. The molecule has 0 N–H and O–H groups in total. The van der Waals surface area contributed by atoms with Gasteiger partial charge in [-0.15, -0.1) is 10.2 Å². The number of nitrogens with zero attached hydrogens (tertiary/aromatic N) is 3. The Morgan fingerprint density at radius 2 is 1.70 bits per heavy atom. The molecule has 0 aliphatic rings. The van der Waals surface area contributed by atoms with Gasteiger partial charge in [0.1, 0.15) is 15.6 Å². The first-order chi connectivity index (χ1) is 12.9. The minimum Gasteiger partial charge on any atom is -0.497 e. The van der Waals surface area contributed by atoms with Crippen LogP contribution < -0.4 is 4.74 Å². The van der Waals surface area contributed by atoms with E-state index in [4.69, 9.17) is 4.74 Å². The van der Waals surface area contributed by atoms with Gasteiger partial charge in [0.05, 0.1) is 12.9 Å². The average Bonchev–Trinajstić information content (AvgIpc) is 3.05. The fraction of sp³-hybridized carbons (Fsp3) is 0.263. The molecule has 0 atom stereocenters. The first kappa shape index (κ1) is 19.4. The van der Waals surface area contributed by atoms with Crippen molar-refractivity contribution in [3.8, 4) is 22.8 Å². The van der Waals surface area contributed by atoms with Crippen LogP contribution in [0.15, 0.2) is 53.7 Å². The van der Waals surface area contributed by atoms with Crippen LogP contribution in [0.1, 0.15) is 5.56 Å². The van der Waals surface area contributed by atoms with Crippen molar-refractivity contribution in [2.24, 2.45) is 0 Å². The van der Waals surface area contributed by atoms with Crippen LogP contribution in [0, 0.1) is 6.92 Å². The van der Waals surface area contributed by atoms with E-state index in [1.807, 2.05) is 60.0 Å². The van der Waals surface area contributed by atoms with Crippen molar-refractivity contribution in [3.63, 3.8) is 0 Å². The Labute approximate surface area is 163 Å². The van der Waals surface area contributed by atoms with Crippen molar-refractivity contribution in [2.75, 3.05) is 24.9 Å². The normalized spacial score (nSPS) is 11.5. The van der Waals surface area contributed by atoms with Crippen molar-refractivity contribution in [3.05, 3.63) is 54.1 Å². The molecule has 0 radical (unpaired) electrons. The van der Waals surface area contributed by atoms with Crippen LogP contribution in [0.25, 0.3) is 17.1 Å². The number of methoxy groups -OCH3 is 1. The van der Waals surface area contributed by atoms with Crippen molar-refractivity contribution in [2.45, 2.75) is 12.1 Å². The molecule has 1 aromatic heterocycles. The molecule has 0 bridgehead atoms. The van der Waals surface area contributed by atoms with Gasteiger partial charge < -0.3 is 4.74 Å². The number of aryl methyl sites for hydroxylation is 1. The van der Waals surface area contributed by atoms with Gasteiger partial charge in [-0.25, -0.2) is 8.42 Å². The number of hydrogen-bond acceptors (Lipinski definition) is 6. The highest BCUT2D eigenvalue weighted by Crippen LogP contribution is 2.29. The lowest BCUT2D eigenvalue weighted by atomic mass is 10.2. The first-order valence-corrected chi connectivity index (χ1v) is 11.4. The number of thioether (sulfide) groups is 1. The maximum absolute atomic E-state index is 11.4. The fourth-order valence-electron chi connectivity index (χ4n) is 2.50. The van der Waals surface area contributed by atoms with Crippen molar-refractivity contribution in [1.82, 2.24) is 14.8 Å². The molecule has 0 saturated heterocycles. The number of sulfone groups is 1. The van der Waals surface area contributed by atoms with Crippen LogP contribution in [0.2, 0.25) is 0 Å². The quantitative estimate of drug-likeness (QED) is 0.563. The van der Waals surface area contributed by atoms with Crippen LogP contribution >= 0.6 is 11.8 Å². The van der Waals surface area contributed by atoms with Gasteiger partial charge in [0.25, 0.3) is 0 Å². The van der Waals surface area contributed by atoms with E-state index < -0.39 is 9.84 Å². The zero-order chi connectivity index (χ0) is 19.4. The highest BCUT2D eigenvalue weighted by Gasteiger charge is 2.17. The summed E-state index contributed by atoms with van der Waals surface area (Å²) in [6, 6.07) is 15.7. The molecule has 142 valence electrons. The summed E-state index contributed by atoms with van der Waals surface area (Å²) in [5.74, 6) is 1.98. The van der Waals surface area contributed by atoms with Crippen LogP contribution in [-0.4, -0.2) is 48.1 Å². The Hall–Kier alpha value is -2.32. The molecule has 3 aromatic rings. The maximum Gasteiger partial charge on any atom is 0.196 e. The zero-order valence-corrected chi connectivity index (χ0v) is 17.0. The molecule has 1 heterocycles. The molecule has 2 aromatic carbocycles. The van der Waals surface area contributed by atoms with E-state index in [1.165, 1.54) is 18.0 Å². The molecule has 0 aliphatic heterocycles. The molecule has 6 nitrogen and oxygen atoms in total. The number of hydrogen-bond donors (Lipinski definition) is 0. The summed E-state index contributed by atoms with van der Waals surface area (Å²) in [5, 5.41) is 9.32. The predicted octanol–water partition coefficient (Wildman–Crippen LogP) is 3.39. The lowest BCUT2D eigenvalue weighted by Crippen LogP contribution is -2.06. The lowest BCUT2D eigenvalue weighted by molar-refractivity contribution is 0.415. The summed E-state index contributed by atoms with van der Waals surface area (Å²) in [6.07, 6.45) is 1.24. The van der Waals surface area contributed by atoms with Crippen molar-refractivity contribution in [1.29, 1.82) is 0 Å². The monoisotopic (exact) mass is 403 g/mol. The van der Waals surface area contributed by atoms with E-state index in [2.05, 4.69) is 10.2 Å². The summed E-state index contributed by atoms with van der Waals surface area (Å²) in [4.78, 5) is 0. The predicted molar refractivity (Wildman–Crippen MR) is 109 cm³/mol. The van der Waals surface area contributed by atoms with E-state index in [-0.39, 0.29) is 5.75 Å². The third kappa shape index (κ3) is 4.90. The molecule has 0 saturated carbocycles. The third-order valence-electron chi connectivity index (χ3n) is 3.96. The lowest BCUT2D eigenvalue weighted by Gasteiger charge is -2.11. The Kier molecular flexibility index (Phi) is 5.86. The van der Waals surface area contributed by atoms with Gasteiger partial charge in [0, 0.05) is 23.3 Å². The van der Waals surface area contributed by atoms with Gasteiger partial charge >= 0.3 is 0 Å². The minimum atomic E-state index is -3.02. The highest BCUT2D eigenvalue weighted by molar-refractivity contribution is 8.00. The standard InChI is InChI=1S/C19H21N3O3S2/c1-14-4-8-16(9-5-14)22-18(15-6-10-17(25-2)11-7-15)20-21-19(22)26-12-13-27(3,23)24/h4-11H,12-13H2,1-3H3. The number of rotatable bonds is 7. The molecule has 8 heteroatoms. The van der Waals surface area contributed by atoms with Crippen LogP contribution in [0.5, 0.6) is 5.75 Å². The molecule has 0 fully saturated rings.